The summed E-state index contributed by atoms with van der Waals surface area (Å²) in [5, 5.41) is 2.99. The van der Waals surface area contributed by atoms with Crippen LogP contribution in [0.2, 0.25) is 0 Å². The predicted molar refractivity (Wildman–Crippen MR) is 85.6 cm³/mol. The molecule has 1 aromatic rings. The third-order valence-corrected chi connectivity index (χ3v) is 4.23. The van der Waals surface area contributed by atoms with Gasteiger partial charge in [0.15, 0.2) is 6.61 Å². The van der Waals surface area contributed by atoms with Crippen molar-refractivity contribution in [2.24, 2.45) is 5.92 Å². The highest BCUT2D eigenvalue weighted by molar-refractivity contribution is 5.77. The number of carbonyl (C=O) groups is 1. The SMILES string of the molecule is CC(C)c1ccc(OCC(=O)NCC2CCCCC2)cc1. The number of ether oxygens (including phenoxy) is 1. The van der Waals surface area contributed by atoms with E-state index in [1.54, 1.807) is 0 Å². The van der Waals surface area contributed by atoms with Crippen LogP contribution >= 0.6 is 0 Å². The molecule has 0 unspecified atom stereocenters. The van der Waals surface area contributed by atoms with Gasteiger partial charge < -0.3 is 10.1 Å². The van der Waals surface area contributed by atoms with Crippen LogP contribution in [-0.2, 0) is 4.79 Å². The van der Waals surface area contributed by atoms with Crippen molar-refractivity contribution >= 4 is 5.91 Å². The molecule has 0 aromatic heterocycles. The van der Waals surface area contributed by atoms with E-state index in [-0.39, 0.29) is 12.5 Å². The van der Waals surface area contributed by atoms with Crippen molar-refractivity contribution in [1.82, 2.24) is 5.32 Å². The molecule has 0 bridgehead atoms. The molecule has 0 atom stereocenters. The number of hydrogen-bond acceptors (Lipinski definition) is 2. The highest BCUT2D eigenvalue weighted by Crippen LogP contribution is 2.22. The molecule has 0 radical (unpaired) electrons. The van der Waals surface area contributed by atoms with E-state index in [2.05, 4.69) is 31.3 Å². The smallest absolute Gasteiger partial charge is 0.257 e. The van der Waals surface area contributed by atoms with Crippen LogP contribution in [0.5, 0.6) is 5.75 Å². The molecule has 0 aliphatic heterocycles. The maximum Gasteiger partial charge on any atom is 0.257 e. The van der Waals surface area contributed by atoms with Gasteiger partial charge in [0.05, 0.1) is 0 Å². The molecule has 0 spiro atoms. The zero-order valence-corrected chi connectivity index (χ0v) is 13.2. The minimum atomic E-state index is -0.0199. The number of benzene rings is 1. The molecule has 1 N–H and O–H groups in total. The summed E-state index contributed by atoms with van der Waals surface area (Å²) in [6.07, 6.45) is 6.45. The molecule has 3 heteroatoms. The Morgan fingerprint density at radius 1 is 1.19 bits per heavy atom. The standard InChI is InChI=1S/C18H27NO2/c1-14(2)16-8-10-17(11-9-16)21-13-18(20)19-12-15-6-4-3-5-7-15/h8-11,14-15H,3-7,12-13H2,1-2H3,(H,19,20). The van der Waals surface area contributed by atoms with Gasteiger partial charge in [0.25, 0.3) is 5.91 Å². The molecule has 0 heterocycles. The first-order valence-corrected chi connectivity index (χ1v) is 8.14. The average Bonchev–Trinajstić information content (AvgIpc) is 2.52. The van der Waals surface area contributed by atoms with E-state index >= 15 is 0 Å². The summed E-state index contributed by atoms with van der Waals surface area (Å²) in [5.74, 6) is 1.91. The number of nitrogens with one attached hydrogen (secondary N) is 1. The van der Waals surface area contributed by atoms with Gasteiger partial charge in [0, 0.05) is 6.54 Å². The van der Waals surface area contributed by atoms with Gasteiger partial charge in [0.2, 0.25) is 0 Å². The summed E-state index contributed by atoms with van der Waals surface area (Å²) >= 11 is 0. The van der Waals surface area contributed by atoms with Crippen molar-refractivity contribution in [3.05, 3.63) is 29.8 Å². The molecule has 1 aromatic carbocycles. The van der Waals surface area contributed by atoms with Gasteiger partial charge in [-0.2, -0.15) is 0 Å². The highest BCUT2D eigenvalue weighted by atomic mass is 16.5. The lowest BCUT2D eigenvalue weighted by Crippen LogP contribution is -2.33. The molecular formula is C18H27NO2. The van der Waals surface area contributed by atoms with Gasteiger partial charge >= 0.3 is 0 Å². The minimum Gasteiger partial charge on any atom is -0.484 e. The molecule has 21 heavy (non-hydrogen) atoms. The van der Waals surface area contributed by atoms with E-state index in [1.807, 2.05) is 12.1 Å². The van der Waals surface area contributed by atoms with Crippen molar-refractivity contribution in [2.75, 3.05) is 13.2 Å². The Bertz CT molecular complexity index is 433. The van der Waals surface area contributed by atoms with Gasteiger partial charge in [-0.15, -0.1) is 0 Å². The minimum absolute atomic E-state index is 0.0199. The number of hydrogen-bond donors (Lipinski definition) is 1. The lowest BCUT2D eigenvalue weighted by atomic mass is 9.89. The van der Waals surface area contributed by atoms with Crippen LogP contribution in [0.1, 0.15) is 57.4 Å². The fraction of sp³-hybridized carbons (Fsp3) is 0.611. The molecule has 116 valence electrons. The normalized spacial score (nSPS) is 16.0. The third-order valence-electron chi connectivity index (χ3n) is 4.23. The largest absolute Gasteiger partial charge is 0.484 e. The number of rotatable bonds is 6. The maximum atomic E-state index is 11.8. The van der Waals surface area contributed by atoms with E-state index in [0.29, 0.717) is 11.8 Å². The molecule has 1 aliphatic carbocycles. The molecule has 1 aliphatic rings. The summed E-state index contributed by atoms with van der Waals surface area (Å²) in [7, 11) is 0. The molecule has 3 nitrogen and oxygen atoms in total. The van der Waals surface area contributed by atoms with E-state index in [0.717, 1.165) is 12.3 Å². The number of carbonyl (C=O) groups excluding carboxylic acids is 1. The van der Waals surface area contributed by atoms with Crippen LogP contribution in [0.3, 0.4) is 0 Å². The lowest BCUT2D eigenvalue weighted by molar-refractivity contribution is -0.123. The van der Waals surface area contributed by atoms with Crippen LogP contribution < -0.4 is 10.1 Å². The van der Waals surface area contributed by atoms with Crippen molar-refractivity contribution in [3.8, 4) is 5.75 Å². The average molecular weight is 289 g/mol. The second kappa shape index (κ2) is 8.06. The van der Waals surface area contributed by atoms with Crippen molar-refractivity contribution < 1.29 is 9.53 Å². The quantitative estimate of drug-likeness (QED) is 0.863. The fourth-order valence-electron chi connectivity index (χ4n) is 2.80. The Balaban J connectivity index is 1.68. The van der Waals surface area contributed by atoms with Gasteiger partial charge in [-0.05, 0) is 42.4 Å². The first kappa shape index (κ1) is 15.9. The molecule has 1 amide bonds. The second-order valence-corrected chi connectivity index (χ2v) is 6.32. The topological polar surface area (TPSA) is 38.3 Å². The molecule has 1 saturated carbocycles. The van der Waals surface area contributed by atoms with Crippen LogP contribution in [0.15, 0.2) is 24.3 Å². The Hall–Kier alpha value is -1.51. The van der Waals surface area contributed by atoms with E-state index in [4.69, 9.17) is 4.74 Å². The van der Waals surface area contributed by atoms with Crippen LogP contribution in [0, 0.1) is 5.92 Å². The Kier molecular flexibility index (Phi) is 6.09. The summed E-state index contributed by atoms with van der Waals surface area (Å²) < 4.78 is 5.53. The fourth-order valence-corrected chi connectivity index (χ4v) is 2.80. The Morgan fingerprint density at radius 2 is 1.86 bits per heavy atom. The maximum absolute atomic E-state index is 11.8. The summed E-state index contributed by atoms with van der Waals surface area (Å²) in [4.78, 5) is 11.8. The van der Waals surface area contributed by atoms with Gasteiger partial charge in [-0.25, -0.2) is 0 Å². The van der Waals surface area contributed by atoms with Crippen molar-refractivity contribution in [3.63, 3.8) is 0 Å². The first-order valence-electron chi connectivity index (χ1n) is 8.14. The Morgan fingerprint density at radius 3 is 2.48 bits per heavy atom. The van der Waals surface area contributed by atoms with Crippen LogP contribution in [0.4, 0.5) is 0 Å². The summed E-state index contributed by atoms with van der Waals surface area (Å²) in [5.41, 5.74) is 1.28. The lowest BCUT2D eigenvalue weighted by Gasteiger charge is -2.21. The van der Waals surface area contributed by atoms with Gasteiger partial charge in [0.1, 0.15) is 5.75 Å². The summed E-state index contributed by atoms with van der Waals surface area (Å²) in [6, 6.07) is 7.98. The second-order valence-electron chi connectivity index (χ2n) is 6.32. The van der Waals surface area contributed by atoms with E-state index in [9.17, 15) is 4.79 Å². The van der Waals surface area contributed by atoms with Crippen LogP contribution in [-0.4, -0.2) is 19.1 Å². The highest BCUT2D eigenvalue weighted by Gasteiger charge is 2.14. The molecule has 2 rings (SSSR count). The number of amides is 1. The summed E-state index contributed by atoms with van der Waals surface area (Å²) in [6.45, 7) is 5.23. The van der Waals surface area contributed by atoms with Crippen LogP contribution in [0.25, 0.3) is 0 Å². The Labute approximate surface area is 128 Å². The van der Waals surface area contributed by atoms with E-state index in [1.165, 1.54) is 37.7 Å². The first-order chi connectivity index (χ1) is 10.1. The van der Waals surface area contributed by atoms with Gasteiger partial charge in [-0.3, -0.25) is 4.79 Å². The zero-order valence-electron chi connectivity index (χ0n) is 13.2. The monoisotopic (exact) mass is 289 g/mol. The van der Waals surface area contributed by atoms with Gasteiger partial charge in [-0.1, -0.05) is 45.2 Å². The van der Waals surface area contributed by atoms with Crippen molar-refractivity contribution in [2.45, 2.75) is 51.9 Å². The van der Waals surface area contributed by atoms with E-state index < -0.39 is 0 Å². The predicted octanol–water partition coefficient (Wildman–Crippen LogP) is 3.89. The molecule has 1 fully saturated rings. The van der Waals surface area contributed by atoms with Crippen molar-refractivity contribution in [1.29, 1.82) is 0 Å². The molecular weight excluding hydrogens is 262 g/mol. The molecule has 0 saturated heterocycles. The zero-order chi connectivity index (χ0) is 15.1. The third kappa shape index (κ3) is 5.41.